The molecule has 0 bridgehead atoms. The molecule has 3 aromatic rings. The molecule has 1 fully saturated rings. The van der Waals surface area contributed by atoms with E-state index in [-0.39, 0.29) is 12.1 Å². The maximum Gasteiger partial charge on any atom is 0.320 e. The van der Waals surface area contributed by atoms with Crippen molar-refractivity contribution in [2.45, 2.75) is 44.9 Å². The van der Waals surface area contributed by atoms with E-state index in [0.717, 1.165) is 24.0 Å². The van der Waals surface area contributed by atoms with Crippen LogP contribution in [0.4, 0.5) is 10.6 Å². The number of ether oxygens (including phenoxy) is 1. The third-order valence-electron chi connectivity index (χ3n) is 4.94. The van der Waals surface area contributed by atoms with Gasteiger partial charge in [0, 0.05) is 30.6 Å². The van der Waals surface area contributed by atoms with E-state index in [4.69, 9.17) is 4.74 Å². The molecular weight excluding hydrogens is 366 g/mol. The SMILES string of the molecule is O=C(NCc1cccnc1OC1CCCC1)Nc1ccn(Cc2ccccc2)n1. The molecule has 2 N–H and O–H groups in total. The molecular formula is C22H25N5O2. The molecule has 29 heavy (non-hydrogen) atoms. The van der Waals surface area contributed by atoms with Crippen LogP contribution in [-0.2, 0) is 13.1 Å². The molecule has 4 rings (SSSR count). The predicted molar refractivity (Wildman–Crippen MR) is 111 cm³/mol. The number of anilines is 1. The minimum absolute atomic E-state index is 0.228. The van der Waals surface area contributed by atoms with Gasteiger partial charge in [0.05, 0.1) is 6.54 Å². The number of carbonyl (C=O) groups excluding carboxylic acids is 1. The maximum absolute atomic E-state index is 12.3. The zero-order chi connectivity index (χ0) is 19.9. The molecule has 0 spiro atoms. The summed E-state index contributed by atoms with van der Waals surface area (Å²) in [5.41, 5.74) is 2.02. The van der Waals surface area contributed by atoms with E-state index in [1.807, 2.05) is 48.7 Å². The molecule has 2 amide bonds. The standard InChI is InChI=1S/C22H25N5O2/c28-22(25-20-12-14-27(26-20)16-17-7-2-1-3-8-17)24-15-18-9-6-13-23-21(18)29-19-10-4-5-11-19/h1-3,6-9,12-14,19H,4-5,10-11,15-16H2,(H2,24,25,26,28). The Morgan fingerprint density at radius 1 is 1.10 bits per heavy atom. The van der Waals surface area contributed by atoms with Gasteiger partial charge in [0.1, 0.15) is 6.10 Å². The molecule has 7 nitrogen and oxygen atoms in total. The lowest BCUT2D eigenvalue weighted by molar-refractivity contribution is 0.199. The van der Waals surface area contributed by atoms with Gasteiger partial charge >= 0.3 is 6.03 Å². The van der Waals surface area contributed by atoms with Gasteiger partial charge in [-0.25, -0.2) is 9.78 Å². The number of nitrogens with one attached hydrogen (secondary N) is 2. The average Bonchev–Trinajstić information content (AvgIpc) is 3.40. The highest BCUT2D eigenvalue weighted by Crippen LogP contribution is 2.24. The van der Waals surface area contributed by atoms with Gasteiger partial charge in [-0.05, 0) is 37.3 Å². The summed E-state index contributed by atoms with van der Waals surface area (Å²) in [5, 5.41) is 10.0. The van der Waals surface area contributed by atoms with E-state index >= 15 is 0 Å². The minimum atomic E-state index is -0.314. The summed E-state index contributed by atoms with van der Waals surface area (Å²) in [6.07, 6.45) is 8.32. The number of carbonyl (C=O) groups is 1. The number of amides is 2. The maximum atomic E-state index is 12.3. The summed E-state index contributed by atoms with van der Waals surface area (Å²) in [6, 6.07) is 15.3. The van der Waals surface area contributed by atoms with Gasteiger partial charge in [-0.15, -0.1) is 0 Å². The van der Waals surface area contributed by atoms with Crippen molar-refractivity contribution >= 4 is 11.8 Å². The normalized spacial score (nSPS) is 13.9. The van der Waals surface area contributed by atoms with Crippen LogP contribution in [0.15, 0.2) is 60.9 Å². The van der Waals surface area contributed by atoms with Crippen LogP contribution in [0.5, 0.6) is 5.88 Å². The topological polar surface area (TPSA) is 81.1 Å². The van der Waals surface area contributed by atoms with Crippen LogP contribution in [0, 0.1) is 0 Å². The van der Waals surface area contributed by atoms with Crippen molar-refractivity contribution in [3.05, 3.63) is 72.1 Å². The molecule has 1 aromatic carbocycles. The second-order valence-electron chi connectivity index (χ2n) is 7.18. The Hall–Kier alpha value is -3.35. The molecule has 1 aliphatic carbocycles. The number of benzene rings is 1. The molecule has 0 radical (unpaired) electrons. The molecule has 7 heteroatoms. The van der Waals surface area contributed by atoms with Crippen molar-refractivity contribution in [2.75, 3.05) is 5.32 Å². The number of hydrogen-bond acceptors (Lipinski definition) is 4. The van der Waals surface area contributed by atoms with Crippen LogP contribution in [0.3, 0.4) is 0 Å². The Kier molecular flexibility index (Phi) is 6.04. The van der Waals surface area contributed by atoms with Crippen molar-refractivity contribution < 1.29 is 9.53 Å². The lowest BCUT2D eigenvalue weighted by Gasteiger charge is -2.15. The quantitative estimate of drug-likeness (QED) is 0.639. The van der Waals surface area contributed by atoms with Gasteiger partial charge in [0.15, 0.2) is 5.82 Å². The third-order valence-corrected chi connectivity index (χ3v) is 4.94. The minimum Gasteiger partial charge on any atom is -0.474 e. The van der Waals surface area contributed by atoms with Gasteiger partial charge < -0.3 is 10.1 Å². The molecule has 2 aromatic heterocycles. The van der Waals surface area contributed by atoms with Crippen molar-refractivity contribution in [2.24, 2.45) is 0 Å². The summed E-state index contributed by atoms with van der Waals surface area (Å²) >= 11 is 0. The summed E-state index contributed by atoms with van der Waals surface area (Å²) in [7, 11) is 0. The third kappa shape index (κ3) is 5.34. The van der Waals surface area contributed by atoms with Crippen molar-refractivity contribution in [3.63, 3.8) is 0 Å². The van der Waals surface area contributed by atoms with Gasteiger partial charge in [-0.3, -0.25) is 10.00 Å². The van der Waals surface area contributed by atoms with Crippen LogP contribution in [0.25, 0.3) is 0 Å². The Bertz CT molecular complexity index is 935. The monoisotopic (exact) mass is 391 g/mol. The molecule has 1 aliphatic rings. The number of hydrogen-bond donors (Lipinski definition) is 2. The summed E-state index contributed by atoms with van der Waals surface area (Å²) in [6.45, 7) is 0.994. The number of urea groups is 1. The second-order valence-corrected chi connectivity index (χ2v) is 7.18. The highest BCUT2D eigenvalue weighted by atomic mass is 16.5. The van der Waals surface area contributed by atoms with Crippen LogP contribution >= 0.6 is 0 Å². The first kappa shape index (κ1) is 19.0. The van der Waals surface area contributed by atoms with E-state index in [1.165, 1.54) is 12.8 Å². The van der Waals surface area contributed by atoms with E-state index in [9.17, 15) is 4.79 Å². The first-order valence-corrected chi connectivity index (χ1v) is 9.99. The summed E-state index contributed by atoms with van der Waals surface area (Å²) in [4.78, 5) is 16.6. The predicted octanol–water partition coefficient (Wildman–Crippen LogP) is 3.97. The van der Waals surface area contributed by atoms with Crippen molar-refractivity contribution in [3.8, 4) is 5.88 Å². The van der Waals surface area contributed by atoms with Crippen molar-refractivity contribution in [1.82, 2.24) is 20.1 Å². The van der Waals surface area contributed by atoms with Gasteiger partial charge in [0.25, 0.3) is 0 Å². The lowest BCUT2D eigenvalue weighted by atomic mass is 10.2. The summed E-state index contributed by atoms with van der Waals surface area (Å²) < 4.78 is 7.81. The van der Waals surface area contributed by atoms with E-state index < -0.39 is 0 Å². The zero-order valence-electron chi connectivity index (χ0n) is 16.3. The smallest absolute Gasteiger partial charge is 0.320 e. The van der Waals surface area contributed by atoms with Crippen LogP contribution in [-0.4, -0.2) is 26.9 Å². The molecule has 0 aliphatic heterocycles. The first-order chi connectivity index (χ1) is 14.3. The molecule has 150 valence electrons. The highest BCUT2D eigenvalue weighted by molar-refractivity contribution is 5.88. The van der Waals surface area contributed by atoms with E-state index in [1.54, 1.807) is 16.9 Å². The van der Waals surface area contributed by atoms with Gasteiger partial charge in [0.2, 0.25) is 5.88 Å². The fourth-order valence-corrected chi connectivity index (χ4v) is 3.45. The van der Waals surface area contributed by atoms with Gasteiger partial charge in [-0.2, -0.15) is 5.10 Å². The largest absolute Gasteiger partial charge is 0.474 e. The summed E-state index contributed by atoms with van der Waals surface area (Å²) in [5.74, 6) is 1.11. The Morgan fingerprint density at radius 2 is 1.93 bits per heavy atom. The Labute approximate surface area is 170 Å². The first-order valence-electron chi connectivity index (χ1n) is 9.99. The van der Waals surface area contributed by atoms with Gasteiger partial charge in [-0.1, -0.05) is 36.4 Å². The number of nitrogens with zero attached hydrogens (tertiary/aromatic N) is 3. The fraction of sp³-hybridized carbons (Fsp3) is 0.318. The lowest BCUT2D eigenvalue weighted by Crippen LogP contribution is -2.29. The van der Waals surface area contributed by atoms with Crippen LogP contribution < -0.4 is 15.4 Å². The Morgan fingerprint density at radius 3 is 2.76 bits per heavy atom. The number of aromatic nitrogens is 3. The molecule has 0 atom stereocenters. The van der Waals surface area contributed by atoms with Crippen molar-refractivity contribution in [1.29, 1.82) is 0 Å². The van der Waals surface area contributed by atoms with E-state index in [0.29, 0.717) is 24.8 Å². The second kappa shape index (κ2) is 9.23. The van der Waals surface area contributed by atoms with Crippen LogP contribution in [0.2, 0.25) is 0 Å². The Balaban J connectivity index is 1.29. The zero-order valence-corrected chi connectivity index (χ0v) is 16.3. The number of rotatable bonds is 7. The highest BCUT2D eigenvalue weighted by Gasteiger charge is 2.18. The van der Waals surface area contributed by atoms with E-state index in [2.05, 4.69) is 20.7 Å². The van der Waals surface area contributed by atoms with Crippen LogP contribution in [0.1, 0.15) is 36.8 Å². The fourth-order valence-electron chi connectivity index (χ4n) is 3.45. The molecule has 1 saturated carbocycles. The molecule has 0 unspecified atom stereocenters. The number of pyridine rings is 1. The molecule has 0 saturated heterocycles. The average molecular weight is 391 g/mol. The molecule has 2 heterocycles.